The van der Waals surface area contributed by atoms with E-state index in [1.807, 2.05) is 19.1 Å². The maximum Gasteiger partial charge on any atom is 0.334 e. The highest BCUT2D eigenvalue weighted by Gasteiger charge is 2.33. The van der Waals surface area contributed by atoms with Crippen LogP contribution in [0.4, 0.5) is 0 Å². The lowest BCUT2D eigenvalue weighted by Crippen LogP contribution is -2.25. The minimum Gasteiger partial charge on any atom is -0.454 e. The summed E-state index contributed by atoms with van der Waals surface area (Å²) in [5, 5.41) is 10.2. The summed E-state index contributed by atoms with van der Waals surface area (Å²) >= 11 is 0. The summed E-state index contributed by atoms with van der Waals surface area (Å²) in [6, 6.07) is 0. The molecule has 0 unspecified atom stereocenters. The molecule has 3 atom stereocenters. The molecule has 0 radical (unpaired) electrons. The van der Waals surface area contributed by atoms with Crippen LogP contribution in [0.15, 0.2) is 34.9 Å². The van der Waals surface area contributed by atoms with Crippen LogP contribution in [0.1, 0.15) is 59.8 Å². The molecule has 1 aliphatic heterocycles. The highest BCUT2D eigenvalue weighted by atomic mass is 16.5. The summed E-state index contributed by atoms with van der Waals surface area (Å²) in [7, 11) is 0. The smallest absolute Gasteiger partial charge is 0.334 e. The second-order valence-electron chi connectivity index (χ2n) is 7.38. The molecule has 3 heteroatoms. The second-order valence-corrected chi connectivity index (χ2v) is 7.38. The molecule has 0 saturated heterocycles. The van der Waals surface area contributed by atoms with E-state index in [0.717, 1.165) is 25.7 Å². The number of aliphatic hydroxyl groups excluding tert-OH is 1. The van der Waals surface area contributed by atoms with Crippen LogP contribution >= 0.6 is 0 Å². The van der Waals surface area contributed by atoms with E-state index in [1.54, 1.807) is 0 Å². The molecule has 0 amide bonds. The minimum atomic E-state index is -0.613. The fourth-order valence-electron chi connectivity index (χ4n) is 3.48. The number of allylic oxidation sites excluding steroid dienone is 3. The Balaban J connectivity index is 2.25. The van der Waals surface area contributed by atoms with Gasteiger partial charge in [0.05, 0.1) is 6.10 Å². The van der Waals surface area contributed by atoms with E-state index < -0.39 is 6.10 Å². The van der Waals surface area contributed by atoms with Gasteiger partial charge in [-0.3, -0.25) is 0 Å². The molecule has 3 nitrogen and oxygen atoms in total. The molecule has 0 fully saturated rings. The lowest BCUT2D eigenvalue weighted by atomic mass is 9.84. The van der Waals surface area contributed by atoms with Gasteiger partial charge in [0.1, 0.15) is 6.10 Å². The maximum atomic E-state index is 12.1. The molecule has 0 spiro atoms. The van der Waals surface area contributed by atoms with Gasteiger partial charge in [0.2, 0.25) is 0 Å². The van der Waals surface area contributed by atoms with Gasteiger partial charge in [0, 0.05) is 17.9 Å². The van der Waals surface area contributed by atoms with Crippen molar-refractivity contribution in [2.24, 2.45) is 11.8 Å². The number of esters is 1. The largest absolute Gasteiger partial charge is 0.454 e. The monoisotopic (exact) mass is 318 g/mol. The van der Waals surface area contributed by atoms with Crippen LogP contribution in [-0.4, -0.2) is 23.3 Å². The zero-order valence-corrected chi connectivity index (χ0v) is 14.8. The van der Waals surface area contributed by atoms with Crippen molar-refractivity contribution in [1.82, 2.24) is 0 Å². The Morgan fingerprint density at radius 2 is 1.91 bits per heavy atom. The third kappa shape index (κ3) is 5.07. The van der Waals surface area contributed by atoms with Crippen molar-refractivity contribution in [2.45, 2.75) is 72.0 Å². The third-order valence-corrected chi connectivity index (χ3v) is 4.96. The Morgan fingerprint density at radius 3 is 2.61 bits per heavy atom. The van der Waals surface area contributed by atoms with Gasteiger partial charge < -0.3 is 9.84 Å². The summed E-state index contributed by atoms with van der Waals surface area (Å²) in [4.78, 5) is 12.1. The van der Waals surface area contributed by atoms with Crippen LogP contribution in [0.5, 0.6) is 0 Å². The first-order valence-corrected chi connectivity index (χ1v) is 8.79. The maximum absolute atomic E-state index is 12.1. The van der Waals surface area contributed by atoms with Gasteiger partial charge in [-0.05, 0) is 51.5 Å². The fraction of sp³-hybridized carbons (Fsp3) is 0.650. The predicted molar refractivity (Wildman–Crippen MR) is 92.9 cm³/mol. The van der Waals surface area contributed by atoms with Crippen LogP contribution in [0.2, 0.25) is 0 Å². The predicted octanol–water partition coefficient (Wildman–Crippen LogP) is 4.33. The average molecular weight is 318 g/mol. The molecule has 2 bridgehead atoms. The highest BCUT2D eigenvalue weighted by Crippen LogP contribution is 2.32. The SMILES string of the molecule is C/C1=C/CC/C(C)=C/[C@H](O)CC2=C[C@@H](OC2=O)[C@H](C(C)C)CC1. The van der Waals surface area contributed by atoms with Crippen LogP contribution in [-0.2, 0) is 9.53 Å². The molecule has 1 heterocycles. The molecular formula is C20H30O3. The van der Waals surface area contributed by atoms with E-state index in [0.29, 0.717) is 23.8 Å². The highest BCUT2D eigenvalue weighted by molar-refractivity contribution is 5.91. The number of aliphatic hydroxyl groups is 1. The zero-order valence-electron chi connectivity index (χ0n) is 14.8. The van der Waals surface area contributed by atoms with E-state index in [4.69, 9.17) is 4.74 Å². The second kappa shape index (κ2) is 7.96. The van der Waals surface area contributed by atoms with Crippen molar-refractivity contribution >= 4 is 5.97 Å². The Morgan fingerprint density at radius 1 is 1.17 bits per heavy atom. The topological polar surface area (TPSA) is 46.5 Å². The third-order valence-electron chi connectivity index (χ3n) is 4.96. The Kier molecular flexibility index (Phi) is 6.23. The molecular weight excluding hydrogens is 288 g/mol. The van der Waals surface area contributed by atoms with Gasteiger partial charge in [-0.15, -0.1) is 0 Å². The van der Waals surface area contributed by atoms with Crippen molar-refractivity contribution in [1.29, 1.82) is 0 Å². The van der Waals surface area contributed by atoms with Gasteiger partial charge >= 0.3 is 5.97 Å². The first kappa shape index (κ1) is 18.0. The molecule has 128 valence electrons. The fourth-order valence-corrected chi connectivity index (χ4v) is 3.48. The van der Waals surface area contributed by atoms with Crippen LogP contribution in [0, 0.1) is 11.8 Å². The number of hydrogen-bond donors (Lipinski definition) is 1. The van der Waals surface area contributed by atoms with Crippen molar-refractivity contribution < 1.29 is 14.6 Å². The number of carbonyl (C=O) groups is 1. The average Bonchev–Trinajstić information content (AvgIpc) is 2.78. The van der Waals surface area contributed by atoms with Crippen molar-refractivity contribution in [3.8, 4) is 0 Å². The van der Waals surface area contributed by atoms with E-state index in [2.05, 4.69) is 26.8 Å². The molecule has 2 rings (SSSR count). The lowest BCUT2D eigenvalue weighted by molar-refractivity contribution is -0.142. The van der Waals surface area contributed by atoms with E-state index in [-0.39, 0.29) is 12.1 Å². The normalized spacial score (nSPS) is 34.8. The number of rotatable bonds is 1. The Bertz CT molecular complexity index is 525. The number of fused-ring (bicyclic) bond motifs is 1. The van der Waals surface area contributed by atoms with Gasteiger partial charge in [-0.1, -0.05) is 37.1 Å². The number of carbonyl (C=O) groups excluding carboxylic acids is 1. The number of ether oxygens (including phenoxy) is 1. The van der Waals surface area contributed by atoms with Crippen LogP contribution in [0.3, 0.4) is 0 Å². The quantitative estimate of drug-likeness (QED) is 0.578. The number of hydrogen-bond acceptors (Lipinski definition) is 3. The summed E-state index contributed by atoms with van der Waals surface area (Å²) in [5.41, 5.74) is 3.19. The zero-order chi connectivity index (χ0) is 17.0. The van der Waals surface area contributed by atoms with Crippen LogP contribution in [0.25, 0.3) is 0 Å². The van der Waals surface area contributed by atoms with Gasteiger partial charge in [-0.2, -0.15) is 0 Å². The van der Waals surface area contributed by atoms with E-state index in [9.17, 15) is 9.90 Å². The van der Waals surface area contributed by atoms with Crippen molar-refractivity contribution in [3.63, 3.8) is 0 Å². The molecule has 1 N–H and O–H groups in total. The standard InChI is InChI=1S/C20H30O3/c1-13(2)18-9-8-14(3)6-5-7-15(4)10-17(21)11-16-12-19(18)23-20(16)22/h6,10,12-13,17-19,21H,5,7-9,11H2,1-4H3/b14-6-,15-10+/t17-,18-,19+/m0/s1. The summed E-state index contributed by atoms with van der Waals surface area (Å²) in [6.45, 7) is 8.59. The Labute approximate surface area is 140 Å². The molecule has 23 heavy (non-hydrogen) atoms. The summed E-state index contributed by atoms with van der Waals surface area (Å²) in [5.74, 6) is 0.529. The lowest BCUT2D eigenvalue weighted by Gasteiger charge is -2.25. The summed E-state index contributed by atoms with van der Waals surface area (Å²) in [6.07, 6.45) is 9.75. The van der Waals surface area contributed by atoms with Gasteiger partial charge in [0.25, 0.3) is 0 Å². The molecule has 0 aromatic carbocycles. The van der Waals surface area contributed by atoms with E-state index >= 15 is 0 Å². The molecule has 0 aromatic rings. The van der Waals surface area contributed by atoms with E-state index in [1.165, 1.54) is 11.1 Å². The van der Waals surface area contributed by atoms with Crippen molar-refractivity contribution in [2.75, 3.05) is 0 Å². The first-order valence-electron chi connectivity index (χ1n) is 8.79. The molecule has 0 aromatic heterocycles. The summed E-state index contributed by atoms with van der Waals surface area (Å²) < 4.78 is 5.60. The van der Waals surface area contributed by atoms with Gasteiger partial charge in [-0.25, -0.2) is 4.79 Å². The Hall–Kier alpha value is -1.35. The van der Waals surface area contributed by atoms with Gasteiger partial charge in [0.15, 0.2) is 0 Å². The van der Waals surface area contributed by atoms with Crippen molar-refractivity contribution in [3.05, 3.63) is 34.9 Å². The molecule has 2 aliphatic rings. The molecule has 1 aliphatic carbocycles. The minimum absolute atomic E-state index is 0.148. The molecule has 0 saturated carbocycles. The van der Waals surface area contributed by atoms with Crippen LogP contribution < -0.4 is 0 Å². The first-order chi connectivity index (χ1) is 10.9.